The Morgan fingerprint density at radius 2 is 2.11 bits per heavy atom. The smallest absolute Gasteiger partial charge is 0.184 e. The number of sulfonamides is 1. The number of para-hydroxylation sites is 1. The maximum atomic E-state index is 12.7. The Kier molecular flexibility index (Phi) is 5.45. The molecule has 1 aromatic heterocycles. The van der Waals surface area contributed by atoms with Crippen molar-refractivity contribution in [1.29, 1.82) is 0 Å². The maximum absolute atomic E-state index is 12.7. The van der Waals surface area contributed by atoms with Gasteiger partial charge in [0.25, 0.3) is 0 Å². The molecule has 4 rings (SSSR count). The molecule has 0 amide bonds. The van der Waals surface area contributed by atoms with Crippen molar-refractivity contribution in [2.75, 3.05) is 17.9 Å². The highest BCUT2D eigenvalue weighted by Crippen LogP contribution is 2.30. The van der Waals surface area contributed by atoms with Crippen molar-refractivity contribution >= 4 is 27.4 Å². The molecule has 1 aliphatic rings. The molecule has 1 aliphatic heterocycles. The zero-order valence-corrected chi connectivity index (χ0v) is 17.1. The fourth-order valence-corrected chi connectivity index (χ4v) is 4.81. The van der Waals surface area contributed by atoms with E-state index in [1.807, 2.05) is 19.1 Å². The van der Waals surface area contributed by atoms with Crippen LogP contribution in [0.15, 0.2) is 58.8 Å². The van der Waals surface area contributed by atoms with Gasteiger partial charge < -0.3 is 9.29 Å². The lowest BCUT2D eigenvalue weighted by molar-refractivity contribution is 0.218. The number of ether oxygens (including phenoxy) is 1. The minimum Gasteiger partial charge on any atom is -0.588 e. The first kappa shape index (κ1) is 19.1. The fourth-order valence-electron chi connectivity index (χ4n) is 3.14. The quantitative estimate of drug-likeness (QED) is 0.640. The van der Waals surface area contributed by atoms with Crippen LogP contribution < -0.4 is 9.46 Å². The highest BCUT2D eigenvalue weighted by atomic mass is 32.3. The molecule has 0 radical (unpaired) electrons. The number of hydrogen-bond acceptors (Lipinski definition) is 6. The molecule has 2 aromatic carbocycles. The summed E-state index contributed by atoms with van der Waals surface area (Å²) < 4.78 is 33.8. The third kappa shape index (κ3) is 4.41. The summed E-state index contributed by atoms with van der Waals surface area (Å²) in [5.41, 5.74) is 2.56. The second-order valence-electron chi connectivity index (χ2n) is 6.66. The van der Waals surface area contributed by atoms with E-state index in [-0.39, 0.29) is 4.90 Å². The molecule has 0 fully saturated rings. The van der Waals surface area contributed by atoms with Crippen molar-refractivity contribution in [3.63, 3.8) is 0 Å². The monoisotopic (exact) mass is 415 g/mol. The minimum absolute atomic E-state index is 0.193. The van der Waals surface area contributed by atoms with Crippen molar-refractivity contribution in [2.24, 2.45) is 0 Å². The van der Waals surface area contributed by atoms with Gasteiger partial charge in [-0.1, -0.05) is 22.4 Å². The molecule has 3 aromatic rings. The van der Waals surface area contributed by atoms with Gasteiger partial charge in [0.1, 0.15) is 12.4 Å². The lowest BCUT2D eigenvalue weighted by Crippen LogP contribution is -2.25. The van der Waals surface area contributed by atoms with Crippen molar-refractivity contribution in [1.82, 2.24) is 9.88 Å². The summed E-state index contributed by atoms with van der Waals surface area (Å²) in [6.45, 7) is 4.71. The van der Waals surface area contributed by atoms with Gasteiger partial charge in [-0.25, -0.2) is 9.71 Å². The lowest BCUT2D eigenvalue weighted by Gasteiger charge is -2.19. The molecule has 6 nitrogen and oxygen atoms in total. The Bertz CT molecular complexity index is 1010. The van der Waals surface area contributed by atoms with Gasteiger partial charge in [0.05, 0.1) is 16.4 Å². The molecule has 146 valence electrons. The Morgan fingerprint density at radius 3 is 2.86 bits per heavy atom. The molecule has 0 spiro atoms. The standard InChI is InChI=1S/C20H21N3O3S2/c1-15-21-18(14-27-15)13-23-9-10-26-20-11-19(8-7-16(20)12-23)28(24,25)22-17-5-3-2-4-6-17/h2-8,11,14H,9-10,12-13H2,1H3,(H-,22,24,25). The fraction of sp³-hybridized carbons (Fsp3) is 0.250. The zero-order valence-electron chi connectivity index (χ0n) is 15.5. The van der Waals surface area contributed by atoms with Crippen LogP contribution in [0.5, 0.6) is 5.75 Å². The van der Waals surface area contributed by atoms with Gasteiger partial charge in [-0.2, -0.15) is 0 Å². The van der Waals surface area contributed by atoms with Crippen molar-refractivity contribution in [2.45, 2.75) is 24.9 Å². The Hall–Kier alpha value is -2.26. The lowest BCUT2D eigenvalue weighted by atomic mass is 10.2. The maximum Gasteiger partial charge on any atom is 0.184 e. The number of nitrogens with zero attached hydrogens (tertiary/aromatic N) is 2. The predicted octanol–water partition coefficient (Wildman–Crippen LogP) is 3.86. The Labute approximate surface area is 169 Å². The van der Waals surface area contributed by atoms with Gasteiger partial charge in [-0.3, -0.25) is 4.90 Å². The Balaban J connectivity index is 1.52. The number of anilines is 1. The van der Waals surface area contributed by atoms with Gasteiger partial charge in [-0.15, -0.1) is 11.3 Å². The van der Waals surface area contributed by atoms with Crippen molar-refractivity contribution < 1.29 is 13.5 Å². The first-order valence-corrected chi connectivity index (χ1v) is 11.3. The molecule has 1 unspecified atom stereocenters. The van der Waals surface area contributed by atoms with Crippen LogP contribution >= 0.6 is 11.3 Å². The van der Waals surface area contributed by atoms with Gasteiger partial charge in [0.15, 0.2) is 15.3 Å². The summed E-state index contributed by atoms with van der Waals surface area (Å²) >= 11 is 1.65. The second-order valence-corrected chi connectivity index (χ2v) is 9.40. The predicted molar refractivity (Wildman–Crippen MR) is 110 cm³/mol. The van der Waals surface area contributed by atoms with E-state index in [4.69, 9.17) is 4.74 Å². The first-order chi connectivity index (χ1) is 13.5. The van der Waals surface area contributed by atoms with E-state index in [1.54, 1.807) is 47.7 Å². The van der Waals surface area contributed by atoms with Crippen LogP contribution in [0.2, 0.25) is 0 Å². The number of hydrogen-bond donors (Lipinski definition) is 1. The Morgan fingerprint density at radius 1 is 1.29 bits per heavy atom. The van der Waals surface area contributed by atoms with E-state index < -0.39 is 10.4 Å². The number of rotatable bonds is 5. The molecule has 0 aliphatic carbocycles. The van der Waals surface area contributed by atoms with Gasteiger partial charge in [-0.05, 0) is 31.2 Å². The summed E-state index contributed by atoms with van der Waals surface area (Å²) in [6.07, 6.45) is 0. The molecule has 0 saturated heterocycles. The van der Waals surface area contributed by atoms with E-state index in [0.29, 0.717) is 24.6 Å². The van der Waals surface area contributed by atoms with Gasteiger partial charge in [0.2, 0.25) is 0 Å². The molecular formula is C20H21N3O3S2. The normalized spacial score (nSPS) is 16.5. The van der Waals surface area contributed by atoms with Crippen LogP contribution in [0, 0.1) is 6.92 Å². The SMILES string of the molecule is Cc1nc(CN2CCOc3cc([S+](=O)([O-])Nc4ccccc4)ccc3C2)cs1. The van der Waals surface area contributed by atoms with Gasteiger partial charge >= 0.3 is 0 Å². The second kappa shape index (κ2) is 8.00. The number of nitrogens with one attached hydrogen (secondary N) is 1. The van der Waals surface area contributed by atoms with E-state index in [2.05, 4.69) is 20.0 Å². The molecule has 28 heavy (non-hydrogen) atoms. The number of benzene rings is 2. The van der Waals surface area contributed by atoms with Crippen molar-refractivity contribution in [3.8, 4) is 5.75 Å². The van der Waals surface area contributed by atoms with E-state index in [9.17, 15) is 8.76 Å². The summed E-state index contributed by atoms with van der Waals surface area (Å²) in [5, 5.41) is 3.13. The summed E-state index contributed by atoms with van der Waals surface area (Å²) in [6, 6.07) is 13.9. The highest BCUT2D eigenvalue weighted by molar-refractivity contribution is 7.98. The number of aryl methyl sites for hydroxylation is 1. The molecule has 2 heterocycles. The van der Waals surface area contributed by atoms with E-state index >= 15 is 0 Å². The van der Waals surface area contributed by atoms with Crippen LogP contribution in [-0.4, -0.2) is 27.6 Å². The largest absolute Gasteiger partial charge is 0.588 e. The topological polar surface area (TPSA) is 77.5 Å². The first-order valence-electron chi connectivity index (χ1n) is 8.96. The summed E-state index contributed by atoms with van der Waals surface area (Å²) in [5.74, 6) is 0.618. The molecule has 1 N–H and O–H groups in total. The van der Waals surface area contributed by atoms with E-state index in [1.165, 1.54) is 0 Å². The molecule has 0 saturated carbocycles. The zero-order chi connectivity index (χ0) is 19.6. The van der Waals surface area contributed by atoms with Crippen LogP contribution in [-0.2, 0) is 27.7 Å². The van der Waals surface area contributed by atoms with E-state index in [0.717, 1.165) is 29.4 Å². The number of thiazole rings is 1. The highest BCUT2D eigenvalue weighted by Gasteiger charge is 2.24. The molecule has 8 heteroatoms. The number of fused-ring (bicyclic) bond motifs is 1. The third-order valence-electron chi connectivity index (χ3n) is 4.49. The van der Waals surface area contributed by atoms with Crippen LogP contribution in [0.25, 0.3) is 0 Å². The van der Waals surface area contributed by atoms with Crippen molar-refractivity contribution in [3.05, 3.63) is 70.2 Å². The van der Waals surface area contributed by atoms with Crippen LogP contribution in [0.3, 0.4) is 0 Å². The molecule has 1 atom stereocenters. The molecular weight excluding hydrogens is 394 g/mol. The van der Waals surface area contributed by atoms with Crippen LogP contribution in [0.1, 0.15) is 16.3 Å². The summed E-state index contributed by atoms with van der Waals surface area (Å²) in [7, 11) is -3.67. The number of aromatic nitrogens is 1. The average Bonchev–Trinajstić information content (AvgIpc) is 2.96. The molecule has 0 bridgehead atoms. The summed E-state index contributed by atoms with van der Waals surface area (Å²) in [4.78, 5) is 6.98. The van der Waals surface area contributed by atoms with Gasteiger partial charge in [0, 0.05) is 36.6 Å². The minimum atomic E-state index is -3.67. The van der Waals surface area contributed by atoms with Crippen LogP contribution in [0.4, 0.5) is 5.69 Å². The third-order valence-corrected chi connectivity index (χ3v) is 6.69. The average molecular weight is 416 g/mol.